The van der Waals surface area contributed by atoms with Crippen LogP contribution in [0.5, 0.6) is 28.7 Å². The SMILES string of the molecule is COc1cc2c(Nc3cc(OC)c(Oc4ccccc4)cc3Cl)c(C#N)cnc2cc1OCCCN1CCN(C)CC1. The van der Waals surface area contributed by atoms with E-state index in [0.29, 0.717) is 68.2 Å². The molecule has 1 saturated heterocycles. The summed E-state index contributed by atoms with van der Waals surface area (Å²) in [7, 11) is 5.31. The summed E-state index contributed by atoms with van der Waals surface area (Å²) in [5, 5.41) is 14.3. The zero-order valence-electron chi connectivity index (χ0n) is 24.0. The van der Waals surface area contributed by atoms with Gasteiger partial charge in [-0.1, -0.05) is 29.8 Å². The fourth-order valence-corrected chi connectivity index (χ4v) is 5.05. The van der Waals surface area contributed by atoms with E-state index in [2.05, 4.69) is 33.2 Å². The lowest BCUT2D eigenvalue weighted by Crippen LogP contribution is -2.44. The number of para-hydroxylation sites is 1. The Kier molecular flexibility index (Phi) is 9.49. The highest BCUT2D eigenvalue weighted by Gasteiger charge is 2.18. The van der Waals surface area contributed by atoms with Gasteiger partial charge in [-0.3, -0.25) is 4.98 Å². The van der Waals surface area contributed by atoms with Gasteiger partial charge in [-0.15, -0.1) is 0 Å². The number of hydrogen-bond donors (Lipinski definition) is 1. The monoisotopic (exact) mass is 587 g/mol. The van der Waals surface area contributed by atoms with Crippen LogP contribution in [0.3, 0.4) is 0 Å². The zero-order valence-corrected chi connectivity index (χ0v) is 24.8. The zero-order chi connectivity index (χ0) is 29.5. The van der Waals surface area contributed by atoms with Gasteiger partial charge < -0.3 is 34.1 Å². The number of nitrogens with zero attached hydrogens (tertiary/aromatic N) is 4. The molecule has 0 bridgehead atoms. The molecule has 4 aromatic rings. The van der Waals surface area contributed by atoms with Gasteiger partial charge in [0.2, 0.25) is 0 Å². The molecular weight excluding hydrogens is 554 g/mol. The number of rotatable bonds is 11. The number of methoxy groups -OCH3 is 2. The number of halogens is 1. The average Bonchev–Trinajstić information content (AvgIpc) is 3.01. The second-order valence-electron chi connectivity index (χ2n) is 10.0. The number of anilines is 2. The van der Waals surface area contributed by atoms with E-state index in [1.54, 1.807) is 26.4 Å². The molecule has 1 aliphatic rings. The molecule has 2 heterocycles. The van der Waals surface area contributed by atoms with E-state index in [0.717, 1.165) is 39.1 Å². The molecule has 0 aliphatic carbocycles. The summed E-state index contributed by atoms with van der Waals surface area (Å²) in [6.07, 6.45) is 2.44. The van der Waals surface area contributed by atoms with E-state index in [9.17, 15) is 5.26 Å². The van der Waals surface area contributed by atoms with Crippen molar-refractivity contribution in [2.45, 2.75) is 6.42 Å². The van der Waals surface area contributed by atoms with Crippen LogP contribution < -0.4 is 24.3 Å². The number of fused-ring (bicyclic) bond motifs is 1. The molecule has 1 N–H and O–H groups in total. The van der Waals surface area contributed by atoms with Crippen molar-refractivity contribution in [2.24, 2.45) is 0 Å². The molecule has 1 fully saturated rings. The number of ether oxygens (including phenoxy) is 4. The van der Waals surface area contributed by atoms with Gasteiger partial charge in [0.25, 0.3) is 0 Å². The van der Waals surface area contributed by atoms with Gasteiger partial charge in [0.15, 0.2) is 23.0 Å². The van der Waals surface area contributed by atoms with E-state index in [1.807, 2.05) is 42.5 Å². The number of hydrogen-bond acceptors (Lipinski definition) is 9. The van der Waals surface area contributed by atoms with Crippen LogP contribution in [0, 0.1) is 11.3 Å². The Hall–Kier alpha value is -4.23. The minimum atomic E-state index is 0.352. The molecule has 0 radical (unpaired) electrons. The molecule has 0 spiro atoms. The third kappa shape index (κ3) is 6.80. The number of benzene rings is 3. The van der Waals surface area contributed by atoms with E-state index in [1.165, 1.54) is 6.20 Å². The molecule has 3 aromatic carbocycles. The predicted octanol–water partition coefficient (Wildman–Crippen LogP) is 6.33. The molecular formula is C32H34ClN5O4. The quantitative estimate of drug-likeness (QED) is 0.202. The number of pyridine rings is 1. The second kappa shape index (κ2) is 13.6. The maximum atomic E-state index is 9.91. The summed E-state index contributed by atoms with van der Waals surface area (Å²) in [5.41, 5.74) is 2.09. The number of aromatic nitrogens is 1. The molecule has 1 aliphatic heterocycles. The van der Waals surface area contributed by atoms with E-state index < -0.39 is 0 Å². The van der Waals surface area contributed by atoms with Crippen molar-refractivity contribution < 1.29 is 18.9 Å². The Morgan fingerprint density at radius 3 is 2.40 bits per heavy atom. The van der Waals surface area contributed by atoms with Crippen molar-refractivity contribution in [3.63, 3.8) is 0 Å². The fourth-order valence-electron chi connectivity index (χ4n) is 4.85. The third-order valence-electron chi connectivity index (χ3n) is 7.23. The summed E-state index contributed by atoms with van der Waals surface area (Å²) in [4.78, 5) is 9.34. The van der Waals surface area contributed by atoms with Gasteiger partial charge in [0.1, 0.15) is 11.8 Å². The maximum absolute atomic E-state index is 9.91. The van der Waals surface area contributed by atoms with Gasteiger partial charge in [-0.2, -0.15) is 5.26 Å². The van der Waals surface area contributed by atoms with Crippen molar-refractivity contribution >= 4 is 33.9 Å². The number of nitriles is 1. The lowest BCUT2D eigenvalue weighted by Gasteiger charge is -2.32. The van der Waals surface area contributed by atoms with Crippen LogP contribution >= 0.6 is 11.6 Å². The lowest BCUT2D eigenvalue weighted by atomic mass is 10.1. The molecule has 5 rings (SSSR count). The number of piperazine rings is 1. The van der Waals surface area contributed by atoms with Gasteiger partial charge in [0.05, 0.1) is 48.3 Å². The first-order valence-corrected chi connectivity index (χ1v) is 14.2. The van der Waals surface area contributed by atoms with Gasteiger partial charge in [-0.25, -0.2) is 0 Å². The molecule has 218 valence electrons. The number of likely N-dealkylation sites (N-methyl/N-ethyl adjacent to an activating group) is 1. The van der Waals surface area contributed by atoms with Gasteiger partial charge in [-0.05, 0) is 31.7 Å². The van der Waals surface area contributed by atoms with Crippen LogP contribution in [0.2, 0.25) is 5.02 Å². The molecule has 9 nitrogen and oxygen atoms in total. The van der Waals surface area contributed by atoms with Gasteiger partial charge >= 0.3 is 0 Å². The highest BCUT2D eigenvalue weighted by Crippen LogP contribution is 2.42. The predicted molar refractivity (Wildman–Crippen MR) is 165 cm³/mol. The van der Waals surface area contributed by atoms with E-state index >= 15 is 0 Å². The normalized spacial score (nSPS) is 13.9. The van der Waals surface area contributed by atoms with Crippen LogP contribution in [0.4, 0.5) is 11.4 Å². The van der Waals surface area contributed by atoms with E-state index in [-0.39, 0.29) is 0 Å². The van der Waals surface area contributed by atoms with Crippen molar-refractivity contribution in [3.05, 3.63) is 71.4 Å². The van der Waals surface area contributed by atoms with Crippen LogP contribution in [-0.2, 0) is 0 Å². The van der Waals surface area contributed by atoms with Crippen LogP contribution in [0.15, 0.2) is 60.8 Å². The van der Waals surface area contributed by atoms with Crippen LogP contribution in [0.25, 0.3) is 10.9 Å². The summed E-state index contributed by atoms with van der Waals surface area (Å²) in [6.45, 7) is 5.89. The minimum Gasteiger partial charge on any atom is -0.493 e. The first kappa shape index (κ1) is 29.3. The van der Waals surface area contributed by atoms with Crippen molar-refractivity contribution in [3.8, 4) is 34.8 Å². The minimum absolute atomic E-state index is 0.352. The Bertz CT molecular complexity index is 1570. The summed E-state index contributed by atoms with van der Waals surface area (Å²) in [6, 6.07) is 18.7. The first-order chi connectivity index (χ1) is 20.5. The molecule has 42 heavy (non-hydrogen) atoms. The highest BCUT2D eigenvalue weighted by molar-refractivity contribution is 6.33. The highest BCUT2D eigenvalue weighted by atomic mass is 35.5. The fraction of sp³-hybridized carbons (Fsp3) is 0.312. The van der Waals surface area contributed by atoms with Gasteiger partial charge in [0, 0.05) is 62.5 Å². The van der Waals surface area contributed by atoms with Crippen molar-refractivity contribution in [2.75, 3.05) is 65.9 Å². The molecule has 0 amide bonds. The first-order valence-electron chi connectivity index (χ1n) is 13.8. The standard InChI is InChI=1S/C32H34ClN5O4/c1-37-11-13-38(14-12-37)10-7-15-41-30-18-26-24(16-28(30)39-2)32(22(20-34)21-35-26)36-27-19-29(40-3)31(17-25(27)33)42-23-8-5-4-6-9-23/h4-6,8-9,16-19,21H,7,10-15H2,1-3H3,(H,35,36). The Morgan fingerprint density at radius 2 is 1.69 bits per heavy atom. The number of nitrogens with one attached hydrogen (secondary N) is 1. The Morgan fingerprint density at radius 1 is 0.952 bits per heavy atom. The van der Waals surface area contributed by atoms with Crippen molar-refractivity contribution in [1.82, 2.24) is 14.8 Å². The topological polar surface area (TPSA) is 92.1 Å². The molecule has 0 saturated carbocycles. The second-order valence-corrected chi connectivity index (χ2v) is 10.5. The Balaban J connectivity index is 1.38. The molecule has 10 heteroatoms. The smallest absolute Gasteiger partial charge is 0.170 e. The summed E-state index contributed by atoms with van der Waals surface area (Å²) in [5.74, 6) is 2.76. The lowest BCUT2D eigenvalue weighted by molar-refractivity contribution is 0.145. The van der Waals surface area contributed by atoms with E-state index in [4.69, 9.17) is 30.5 Å². The van der Waals surface area contributed by atoms with Crippen LogP contribution in [0.1, 0.15) is 12.0 Å². The van der Waals surface area contributed by atoms with Crippen molar-refractivity contribution in [1.29, 1.82) is 5.26 Å². The Labute approximate surface area is 251 Å². The summed E-state index contributed by atoms with van der Waals surface area (Å²) >= 11 is 6.69. The maximum Gasteiger partial charge on any atom is 0.170 e. The molecule has 0 atom stereocenters. The largest absolute Gasteiger partial charge is 0.493 e. The van der Waals surface area contributed by atoms with Crippen LogP contribution in [-0.4, -0.2) is 75.4 Å². The molecule has 0 unspecified atom stereocenters. The third-order valence-corrected chi connectivity index (χ3v) is 7.54. The average molecular weight is 588 g/mol. The summed E-state index contributed by atoms with van der Waals surface area (Å²) < 4.78 is 23.4. The molecule has 1 aromatic heterocycles.